The molecule has 2 aromatic heterocycles. The molecule has 0 saturated carbocycles. The summed E-state index contributed by atoms with van der Waals surface area (Å²) in [5.74, 6) is -0.155. The van der Waals surface area contributed by atoms with E-state index in [1.54, 1.807) is 18.5 Å². The smallest absolute Gasteiger partial charge is 0.244 e. The van der Waals surface area contributed by atoms with Crippen LogP contribution in [0, 0.1) is 13.8 Å². The minimum absolute atomic E-state index is 0.155. The molecule has 5 nitrogen and oxygen atoms in total. The SMILES string of the molecule is Cc1cc(C)n([C@@H](C)C(=O)NC[C@](C)(O)c2cccs2)n1. The molecule has 2 aromatic rings. The molecule has 2 rings (SSSR count). The Hall–Kier alpha value is -1.66. The van der Waals surface area contributed by atoms with E-state index in [0.29, 0.717) is 0 Å². The standard InChI is InChI=1S/C15H21N3O2S/c1-10-8-11(2)18(17-10)12(3)14(19)16-9-15(4,20)13-6-5-7-21-13/h5-8,12,20H,9H2,1-4H3,(H,16,19)/t12-,15-/m0/s1. The molecule has 0 bridgehead atoms. The highest BCUT2D eigenvalue weighted by Gasteiger charge is 2.26. The van der Waals surface area contributed by atoms with Crippen LogP contribution in [-0.2, 0) is 10.4 Å². The summed E-state index contributed by atoms with van der Waals surface area (Å²) in [4.78, 5) is 13.1. The van der Waals surface area contributed by atoms with E-state index in [2.05, 4.69) is 10.4 Å². The third kappa shape index (κ3) is 3.51. The van der Waals surface area contributed by atoms with E-state index in [4.69, 9.17) is 0 Å². The number of nitrogens with zero attached hydrogens (tertiary/aromatic N) is 2. The van der Waals surface area contributed by atoms with Crippen LogP contribution in [0.4, 0.5) is 0 Å². The maximum absolute atomic E-state index is 12.2. The third-order valence-corrected chi connectivity index (χ3v) is 4.57. The van der Waals surface area contributed by atoms with E-state index in [-0.39, 0.29) is 12.5 Å². The molecule has 6 heteroatoms. The first-order valence-corrected chi connectivity index (χ1v) is 7.76. The van der Waals surface area contributed by atoms with E-state index in [1.807, 2.05) is 37.4 Å². The zero-order valence-corrected chi connectivity index (χ0v) is 13.6. The number of rotatable bonds is 5. The summed E-state index contributed by atoms with van der Waals surface area (Å²) in [5, 5.41) is 19.4. The molecule has 0 fully saturated rings. The number of aryl methyl sites for hydroxylation is 2. The lowest BCUT2D eigenvalue weighted by atomic mass is 10.1. The van der Waals surface area contributed by atoms with Crippen molar-refractivity contribution in [2.45, 2.75) is 39.3 Å². The van der Waals surface area contributed by atoms with Crippen molar-refractivity contribution in [2.24, 2.45) is 0 Å². The zero-order chi connectivity index (χ0) is 15.6. The van der Waals surface area contributed by atoms with Crippen LogP contribution < -0.4 is 5.32 Å². The fourth-order valence-electron chi connectivity index (χ4n) is 2.23. The molecule has 2 atom stereocenters. The van der Waals surface area contributed by atoms with E-state index in [1.165, 1.54) is 11.3 Å². The first-order valence-electron chi connectivity index (χ1n) is 6.88. The molecule has 0 unspecified atom stereocenters. The van der Waals surface area contributed by atoms with Crippen LogP contribution in [0.15, 0.2) is 23.6 Å². The Bertz CT molecular complexity index is 617. The molecule has 0 aliphatic carbocycles. The molecule has 2 N–H and O–H groups in total. The Morgan fingerprint density at radius 2 is 2.29 bits per heavy atom. The lowest BCUT2D eigenvalue weighted by Gasteiger charge is -2.23. The second-order valence-corrected chi connectivity index (χ2v) is 6.46. The van der Waals surface area contributed by atoms with E-state index >= 15 is 0 Å². The summed E-state index contributed by atoms with van der Waals surface area (Å²) in [6, 6.07) is 5.28. The minimum atomic E-state index is -1.06. The van der Waals surface area contributed by atoms with Gasteiger partial charge in [0, 0.05) is 10.6 Å². The number of aliphatic hydroxyl groups is 1. The average molecular weight is 307 g/mol. The van der Waals surface area contributed by atoms with Gasteiger partial charge in [-0.05, 0) is 45.2 Å². The van der Waals surface area contributed by atoms with Crippen LogP contribution in [0.1, 0.15) is 36.2 Å². The molecular weight excluding hydrogens is 286 g/mol. The number of hydrogen-bond donors (Lipinski definition) is 2. The Morgan fingerprint density at radius 3 is 2.81 bits per heavy atom. The topological polar surface area (TPSA) is 67.2 Å². The molecule has 21 heavy (non-hydrogen) atoms. The minimum Gasteiger partial charge on any atom is -0.383 e. The van der Waals surface area contributed by atoms with Gasteiger partial charge in [-0.1, -0.05) is 6.07 Å². The molecular formula is C15H21N3O2S. The summed E-state index contributed by atoms with van der Waals surface area (Å²) >= 11 is 1.47. The van der Waals surface area contributed by atoms with Crippen LogP contribution in [0.5, 0.6) is 0 Å². The van der Waals surface area contributed by atoms with Gasteiger partial charge in [-0.25, -0.2) is 0 Å². The van der Waals surface area contributed by atoms with Gasteiger partial charge in [-0.2, -0.15) is 5.10 Å². The van der Waals surface area contributed by atoms with Gasteiger partial charge in [0.2, 0.25) is 5.91 Å². The Kier molecular flexibility index (Phi) is 4.49. The monoisotopic (exact) mass is 307 g/mol. The first kappa shape index (κ1) is 15.7. The van der Waals surface area contributed by atoms with Crippen LogP contribution in [-0.4, -0.2) is 27.3 Å². The number of nitrogens with one attached hydrogen (secondary N) is 1. The number of hydrogen-bond acceptors (Lipinski definition) is 4. The molecule has 0 radical (unpaired) electrons. The van der Waals surface area contributed by atoms with Crippen molar-refractivity contribution in [2.75, 3.05) is 6.54 Å². The number of aromatic nitrogens is 2. The van der Waals surface area contributed by atoms with E-state index < -0.39 is 11.6 Å². The zero-order valence-electron chi connectivity index (χ0n) is 12.8. The number of amides is 1. The van der Waals surface area contributed by atoms with Crippen molar-refractivity contribution in [3.05, 3.63) is 39.8 Å². The molecule has 2 heterocycles. The molecule has 0 saturated heterocycles. The van der Waals surface area contributed by atoms with Crippen molar-refractivity contribution in [3.8, 4) is 0 Å². The second kappa shape index (κ2) is 5.99. The summed E-state index contributed by atoms with van der Waals surface area (Å²) < 4.78 is 1.70. The largest absolute Gasteiger partial charge is 0.383 e. The Balaban J connectivity index is 2.00. The normalized spacial score (nSPS) is 15.5. The molecule has 0 aliphatic heterocycles. The predicted molar refractivity (Wildman–Crippen MR) is 83.3 cm³/mol. The molecule has 1 amide bonds. The Labute approximate surface area is 128 Å². The molecule has 0 aliphatic rings. The number of thiophene rings is 1. The van der Waals surface area contributed by atoms with Gasteiger partial charge >= 0.3 is 0 Å². The summed E-state index contributed by atoms with van der Waals surface area (Å²) in [6.45, 7) is 7.50. The van der Waals surface area contributed by atoms with Crippen molar-refractivity contribution < 1.29 is 9.90 Å². The van der Waals surface area contributed by atoms with Crippen LogP contribution in [0.2, 0.25) is 0 Å². The summed E-state index contributed by atoms with van der Waals surface area (Å²) in [7, 11) is 0. The van der Waals surface area contributed by atoms with Crippen molar-refractivity contribution in [1.82, 2.24) is 15.1 Å². The van der Waals surface area contributed by atoms with Gasteiger partial charge < -0.3 is 10.4 Å². The lowest BCUT2D eigenvalue weighted by molar-refractivity contribution is -0.125. The predicted octanol–water partition coefficient (Wildman–Crippen LogP) is 2.15. The van der Waals surface area contributed by atoms with Gasteiger partial charge in [-0.3, -0.25) is 9.48 Å². The van der Waals surface area contributed by atoms with Crippen molar-refractivity contribution in [1.29, 1.82) is 0 Å². The fourth-order valence-corrected chi connectivity index (χ4v) is 3.02. The van der Waals surface area contributed by atoms with Crippen LogP contribution >= 0.6 is 11.3 Å². The Morgan fingerprint density at radius 1 is 1.57 bits per heavy atom. The van der Waals surface area contributed by atoms with Crippen LogP contribution in [0.3, 0.4) is 0 Å². The molecule has 114 valence electrons. The summed E-state index contributed by atoms with van der Waals surface area (Å²) in [5.41, 5.74) is 0.774. The van der Waals surface area contributed by atoms with Crippen molar-refractivity contribution in [3.63, 3.8) is 0 Å². The first-order chi connectivity index (χ1) is 9.81. The number of carbonyl (C=O) groups excluding carboxylic acids is 1. The maximum Gasteiger partial charge on any atom is 0.244 e. The second-order valence-electron chi connectivity index (χ2n) is 5.52. The van der Waals surface area contributed by atoms with E-state index in [9.17, 15) is 9.90 Å². The number of carbonyl (C=O) groups is 1. The van der Waals surface area contributed by atoms with E-state index in [0.717, 1.165) is 16.3 Å². The molecule has 0 spiro atoms. The average Bonchev–Trinajstić information content (AvgIpc) is 3.05. The quantitative estimate of drug-likeness (QED) is 0.889. The lowest BCUT2D eigenvalue weighted by Crippen LogP contribution is -2.41. The van der Waals surface area contributed by atoms with Gasteiger partial charge in [0.25, 0.3) is 0 Å². The highest BCUT2D eigenvalue weighted by Crippen LogP contribution is 2.24. The van der Waals surface area contributed by atoms with Gasteiger partial charge in [0.1, 0.15) is 11.6 Å². The fraction of sp³-hybridized carbons (Fsp3) is 0.467. The van der Waals surface area contributed by atoms with Gasteiger partial charge in [0.15, 0.2) is 0 Å². The third-order valence-electron chi connectivity index (χ3n) is 3.45. The van der Waals surface area contributed by atoms with Crippen LogP contribution in [0.25, 0.3) is 0 Å². The van der Waals surface area contributed by atoms with Gasteiger partial charge in [-0.15, -0.1) is 11.3 Å². The highest BCUT2D eigenvalue weighted by atomic mass is 32.1. The highest BCUT2D eigenvalue weighted by molar-refractivity contribution is 7.10. The van der Waals surface area contributed by atoms with Gasteiger partial charge in [0.05, 0.1) is 12.2 Å². The van der Waals surface area contributed by atoms with Crippen molar-refractivity contribution >= 4 is 17.2 Å². The summed E-state index contributed by atoms with van der Waals surface area (Å²) in [6.07, 6.45) is 0. The molecule has 0 aromatic carbocycles. The maximum atomic E-state index is 12.2.